The van der Waals surface area contributed by atoms with Gasteiger partial charge in [-0.05, 0) is 56.2 Å². The van der Waals surface area contributed by atoms with Crippen molar-refractivity contribution in [3.63, 3.8) is 0 Å². The Morgan fingerprint density at radius 2 is 1.81 bits per heavy atom. The molecule has 2 unspecified atom stereocenters. The fourth-order valence-corrected chi connectivity index (χ4v) is 3.89. The maximum Gasteiger partial charge on any atom is 0.251 e. The molecule has 144 valence electrons. The molecule has 1 aromatic rings. The molecule has 0 aromatic heterocycles. The molecule has 2 fully saturated rings. The first-order valence-corrected chi connectivity index (χ1v) is 9.08. The third kappa shape index (κ3) is 5.42. The number of carbonyl (C=O) groups excluding carboxylic acids is 2. The predicted octanol–water partition coefficient (Wildman–Crippen LogP) is 2.32. The summed E-state index contributed by atoms with van der Waals surface area (Å²) in [4.78, 5) is 24.0. The maximum absolute atomic E-state index is 13.5. The van der Waals surface area contributed by atoms with E-state index in [9.17, 15) is 14.0 Å². The molecule has 0 saturated carbocycles. The van der Waals surface area contributed by atoms with Gasteiger partial charge in [0, 0.05) is 37.2 Å². The van der Waals surface area contributed by atoms with E-state index in [1.165, 1.54) is 18.9 Å². The van der Waals surface area contributed by atoms with Crippen LogP contribution in [0.3, 0.4) is 0 Å². The summed E-state index contributed by atoms with van der Waals surface area (Å²) in [5, 5.41) is 9.13. The van der Waals surface area contributed by atoms with Crippen molar-refractivity contribution in [2.24, 2.45) is 5.92 Å². The summed E-state index contributed by atoms with van der Waals surface area (Å²) in [6.45, 7) is 2.37. The normalized spacial score (nSPS) is 23.8. The van der Waals surface area contributed by atoms with Crippen LogP contribution >= 0.6 is 12.4 Å². The Labute approximate surface area is 159 Å². The SMILES string of the molecule is Cc1ccc(C(=O)NCCNC(=O)CC2CC3CCC(C2)N3)cc1F.Cl. The predicted molar refractivity (Wildman–Crippen MR) is 101 cm³/mol. The number of piperidine rings is 1. The highest BCUT2D eigenvalue weighted by molar-refractivity contribution is 5.94. The summed E-state index contributed by atoms with van der Waals surface area (Å²) in [6, 6.07) is 5.58. The number of aryl methyl sites for hydroxylation is 1. The largest absolute Gasteiger partial charge is 0.354 e. The highest BCUT2D eigenvalue weighted by Gasteiger charge is 2.34. The molecule has 3 N–H and O–H groups in total. The van der Waals surface area contributed by atoms with E-state index in [4.69, 9.17) is 0 Å². The lowest BCUT2D eigenvalue weighted by Crippen LogP contribution is -2.40. The molecule has 2 bridgehead atoms. The quantitative estimate of drug-likeness (QED) is 0.660. The van der Waals surface area contributed by atoms with Crippen molar-refractivity contribution in [3.8, 4) is 0 Å². The molecule has 26 heavy (non-hydrogen) atoms. The van der Waals surface area contributed by atoms with Gasteiger partial charge in [-0.1, -0.05) is 6.07 Å². The van der Waals surface area contributed by atoms with E-state index in [0.717, 1.165) is 12.8 Å². The Morgan fingerprint density at radius 1 is 1.15 bits per heavy atom. The Kier molecular flexibility index (Phi) is 7.41. The Hall–Kier alpha value is -1.66. The number of fused-ring (bicyclic) bond motifs is 2. The van der Waals surface area contributed by atoms with Crippen molar-refractivity contribution in [1.82, 2.24) is 16.0 Å². The van der Waals surface area contributed by atoms with Crippen LogP contribution in [0, 0.1) is 18.7 Å². The minimum atomic E-state index is -0.392. The molecule has 5 nitrogen and oxygen atoms in total. The second kappa shape index (κ2) is 9.33. The van der Waals surface area contributed by atoms with E-state index in [1.54, 1.807) is 19.1 Å². The first kappa shape index (κ1) is 20.6. The Bertz CT molecular complexity index is 644. The van der Waals surface area contributed by atoms with Crippen LogP contribution in [0.5, 0.6) is 0 Å². The van der Waals surface area contributed by atoms with E-state index in [2.05, 4.69) is 16.0 Å². The van der Waals surface area contributed by atoms with Crippen LogP contribution in [-0.4, -0.2) is 37.0 Å². The highest BCUT2D eigenvalue weighted by Crippen LogP contribution is 2.32. The molecule has 0 aliphatic carbocycles. The summed E-state index contributed by atoms with van der Waals surface area (Å²) in [6.07, 6.45) is 5.19. The van der Waals surface area contributed by atoms with Gasteiger partial charge in [-0.15, -0.1) is 12.4 Å². The second-order valence-electron chi connectivity index (χ2n) is 7.25. The first-order chi connectivity index (χ1) is 12.0. The highest BCUT2D eigenvalue weighted by atomic mass is 35.5. The molecule has 7 heteroatoms. The molecular weight excluding hydrogens is 357 g/mol. The Balaban J connectivity index is 0.00000243. The average molecular weight is 384 g/mol. The molecule has 3 rings (SSSR count). The second-order valence-corrected chi connectivity index (χ2v) is 7.25. The average Bonchev–Trinajstić information content (AvgIpc) is 2.92. The van der Waals surface area contributed by atoms with Crippen LogP contribution in [0.25, 0.3) is 0 Å². The van der Waals surface area contributed by atoms with Gasteiger partial charge >= 0.3 is 0 Å². The van der Waals surface area contributed by atoms with Crippen LogP contribution < -0.4 is 16.0 Å². The summed E-state index contributed by atoms with van der Waals surface area (Å²) in [5.74, 6) is -0.217. The van der Waals surface area contributed by atoms with Gasteiger partial charge in [0.1, 0.15) is 5.82 Å². The van der Waals surface area contributed by atoms with Gasteiger partial charge in [-0.2, -0.15) is 0 Å². The molecule has 2 aliphatic heterocycles. The van der Waals surface area contributed by atoms with Crippen molar-refractivity contribution in [1.29, 1.82) is 0 Å². The molecule has 1 aromatic carbocycles. The zero-order valence-electron chi connectivity index (χ0n) is 15.0. The topological polar surface area (TPSA) is 70.2 Å². The number of hydrogen-bond donors (Lipinski definition) is 3. The maximum atomic E-state index is 13.5. The zero-order valence-corrected chi connectivity index (χ0v) is 15.8. The number of benzene rings is 1. The molecule has 2 amide bonds. The van der Waals surface area contributed by atoms with Crippen LogP contribution in [0.1, 0.15) is 48.0 Å². The van der Waals surface area contributed by atoms with Crippen LogP contribution in [0.2, 0.25) is 0 Å². The standard InChI is InChI=1S/C19H26FN3O2.ClH/c1-12-2-3-14(11-17(12)20)19(25)22-7-6-21-18(24)10-13-8-15-4-5-16(9-13)23-15;/h2-3,11,13,15-16,23H,4-10H2,1H3,(H,21,24)(H,22,25);1H. The molecule has 0 spiro atoms. The smallest absolute Gasteiger partial charge is 0.251 e. The summed E-state index contributed by atoms with van der Waals surface area (Å²) in [7, 11) is 0. The van der Waals surface area contributed by atoms with Crippen molar-refractivity contribution in [3.05, 3.63) is 35.1 Å². The molecule has 2 heterocycles. The third-order valence-electron chi connectivity index (χ3n) is 5.21. The minimum absolute atomic E-state index is 0. The van der Waals surface area contributed by atoms with Crippen molar-refractivity contribution >= 4 is 24.2 Å². The third-order valence-corrected chi connectivity index (χ3v) is 5.21. The molecule has 0 radical (unpaired) electrons. The van der Waals surface area contributed by atoms with E-state index in [-0.39, 0.29) is 24.2 Å². The minimum Gasteiger partial charge on any atom is -0.354 e. The first-order valence-electron chi connectivity index (χ1n) is 9.08. The fraction of sp³-hybridized carbons (Fsp3) is 0.579. The molecular formula is C19H27ClFN3O2. The molecule has 2 aliphatic rings. The van der Waals surface area contributed by atoms with Crippen molar-refractivity contribution in [2.75, 3.05) is 13.1 Å². The lowest BCUT2D eigenvalue weighted by Gasteiger charge is -2.28. The van der Waals surface area contributed by atoms with Gasteiger partial charge < -0.3 is 16.0 Å². The lowest BCUT2D eigenvalue weighted by atomic mass is 9.89. The Morgan fingerprint density at radius 3 is 2.46 bits per heavy atom. The van der Waals surface area contributed by atoms with Gasteiger partial charge in [0.25, 0.3) is 5.91 Å². The number of hydrogen-bond acceptors (Lipinski definition) is 3. The zero-order chi connectivity index (χ0) is 17.8. The molecule has 2 atom stereocenters. The van der Waals surface area contributed by atoms with Gasteiger partial charge in [0.2, 0.25) is 5.91 Å². The van der Waals surface area contributed by atoms with Crippen molar-refractivity contribution < 1.29 is 14.0 Å². The summed E-state index contributed by atoms with van der Waals surface area (Å²) >= 11 is 0. The number of amides is 2. The van der Waals surface area contributed by atoms with Crippen LogP contribution in [-0.2, 0) is 4.79 Å². The van der Waals surface area contributed by atoms with Gasteiger partial charge in [0.15, 0.2) is 0 Å². The summed E-state index contributed by atoms with van der Waals surface area (Å²) in [5.41, 5.74) is 0.801. The van der Waals surface area contributed by atoms with Crippen LogP contribution in [0.4, 0.5) is 4.39 Å². The van der Waals surface area contributed by atoms with Crippen molar-refractivity contribution in [2.45, 2.75) is 51.1 Å². The number of halogens is 2. The number of nitrogens with one attached hydrogen (secondary N) is 3. The van der Waals surface area contributed by atoms with Crippen LogP contribution in [0.15, 0.2) is 18.2 Å². The van der Waals surface area contributed by atoms with E-state index < -0.39 is 5.82 Å². The van der Waals surface area contributed by atoms with Gasteiger partial charge in [0.05, 0.1) is 0 Å². The monoisotopic (exact) mass is 383 g/mol. The van der Waals surface area contributed by atoms with Gasteiger partial charge in [-0.3, -0.25) is 9.59 Å². The van der Waals surface area contributed by atoms with E-state index in [0.29, 0.717) is 48.6 Å². The van der Waals surface area contributed by atoms with E-state index >= 15 is 0 Å². The van der Waals surface area contributed by atoms with E-state index in [1.807, 2.05) is 0 Å². The lowest BCUT2D eigenvalue weighted by molar-refractivity contribution is -0.122. The summed E-state index contributed by atoms with van der Waals surface area (Å²) < 4.78 is 13.5. The molecule has 2 saturated heterocycles. The fourth-order valence-electron chi connectivity index (χ4n) is 3.89. The van der Waals surface area contributed by atoms with Gasteiger partial charge in [-0.25, -0.2) is 4.39 Å². The number of rotatable bonds is 6. The number of carbonyl (C=O) groups is 2.